The van der Waals surface area contributed by atoms with Crippen LogP contribution in [0.15, 0.2) is 18.2 Å². The van der Waals surface area contributed by atoms with E-state index in [-0.39, 0.29) is 11.7 Å². The van der Waals surface area contributed by atoms with Crippen molar-refractivity contribution >= 4 is 0 Å². The molecule has 0 aromatic heterocycles. The Labute approximate surface area is 134 Å². The first-order valence-corrected chi connectivity index (χ1v) is 8.19. The molecule has 2 unspecified atom stereocenters. The first-order chi connectivity index (χ1) is 11.0. The molecule has 2 aliphatic rings. The van der Waals surface area contributed by atoms with Crippen LogP contribution in [0.4, 0.5) is 8.78 Å². The highest BCUT2D eigenvalue weighted by molar-refractivity contribution is 5.22. The molecule has 1 aromatic rings. The molecular weight excluding hydrogens is 304 g/mol. The Hall–Kier alpha value is -1.08. The summed E-state index contributed by atoms with van der Waals surface area (Å²) in [5.41, 5.74) is 5.87. The van der Waals surface area contributed by atoms with E-state index in [9.17, 15) is 13.9 Å². The van der Waals surface area contributed by atoms with E-state index < -0.39 is 29.6 Å². The maximum absolute atomic E-state index is 13.7. The lowest BCUT2D eigenvalue weighted by molar-refractivity contribution is -0.188. The van der Waals surface area contributed by atoms with Gasteiger partial charge in [0.05, 0.1) is 18.8 Å². The van der Waals surface area contributed by atoms with Crippen molar-refractivity contribution < 1.29 is 23.4 Å². The van der Waals surface area contributed by atoms with Gasteiger partial charge in [0.25, 0.3) is 0 Å². The minimum absolute atomic E-state index is 0.121. The molecule has 3 rings (SSSR count). The number of hydrogen-bond acceptors (Lipinski definition) is 4. The molecule has 0 bridgehead atoms. The minimum atomic E-state index is -1.28. The molecule has 0 radical (unpaired) electrons. The highest BCUT2D eigenvalue weighted by Gasteiger charge is 2.43. The summed E-state index contributed by atoms with van der Waals surface area (Å²) < 4.78 is 38.8. The minimum Gasteiger partial charge on any atom is -0.387 e. The van der Waals surface area contributed by atoms with Gasteiger partial charge in [0.1, 0.15) is 11.6 Å². The predicted octanol–water partition coefficient (Wildman–Crippen LogP) is 2.79. The zero-order valence-electron chi connectivity index (χ0n) is 13.0. The van der Waals surface area contributed by atoms with Crippen LogP contribution in [0.2, 0.25) is 0 Å². The fourth-order valence-corrected chi connectivity index (χ4v) is 3.49. The van der Waals surface area contributed by atoms with Crippen LogP contribution in [0.3, 0.4) is 0 Å². The second-order valence-electron chi connectivity index (χ2n) is 6.53. The van der Waals surface area contributed by atoms with Gasteiger partial charge in [-0.3, -0.25) is 0 Å². The van der Waals surface area contributed by atoms with Gasteiger partial charge in [-0.25, -0.2) is 8.78 Å². The number of nitrogens with two attached hydrogens (primary N) is 1. The lowest BCUT2D eigenvalue weighted by Crippen LogP contribution is -2.36. The number of rotatable bonds is 4. The molecule has 3 N–H and O–H groups in total. The van der Waals surface area contributed by atoms with E-state index in [2.05, 4.69) is 0 Å². The first kappa shape index (κ1) is 16.8. The van der Waals surface area contributed by atoms with Crippen molar-refractivity contribution in [3.05, 3.63) is 35.4 Å². The summed E-state index contributed by atoms with van der Waals surface area (Å²) in [6, 6.07) is 2.23. The van der Waals surface area contributed by atoms with E-state index >= 15 is 0 Å². The Morgan fingerprint density at radius 3 is 2.74 bits per heavy atom. The third kappa shape index (κ3) is 3.71. The number of benzene rings is 1. The van der Waals surface area contributed by atoms with Crippen LogP contribution in [0.5, 0.6) is 0 Å². The van der Waals surface area contributed by atoms with Gasteiger partial charge in [-0.05, 0) is 37.5 Å². The summed E-state index contributed by atoms with van der Waals surface area (Å²) in [7, 11) is 0. The van der Waals surface area contributed by atoms with Crippen molar-refractivity contribution in [2.24, 2.45) is 5.73 Å². The third-order valence-electron chi connectivity index (χ3n) is 4.75. The van der Waals surface area contributed by atoms with Gasteiger partial charge in [0.15, 0.2) is 5.79 Å². The third-order valence-corrected chi connectivity index (χ3v) is 4.75. The average Bonchev–Trinajstić information content (AvgIpc) is 2.91. The Morgan fingerprint density at radius 2 is 2.00 bits per heavy atom. The number of aliphatic hydroxyl groups is 1. The van der Waals surface area contributed by atoms with Crippen LogP contribution in [0.1, 0.15) is 50.2 Å². The molecule has 23 heavy (non-hydrogen) atoms. The summed E-state index contributed by atoms with van der Waals surface area (Å²) in [6.45, 7) is 0.423. The second-order valence-corrected chi connectivity index (χ2v) is 6.53. The number of ether oxygens (including phenoxy) is 2. The molecule has 128 valence electrons. The lowest BCUT2D eigenvalue weighted by Gasteiger charge is -2.32. The van der Waals surface area contributed by atoms with Crippen molar-refractivity contribution in [1.29, 1.82) is 0 Å². The maximum atomic E-state index is 13.7. The molecule has 1 heterocycles. The SMILES string of the molecule is NC(C[C@H]1COC2(CCCCC2)O1)C(O)c1cc(F)ccc1F. The van der Waals surface area contributed by atoms with Gasteiger partial charge >= 0.3 is 0 Å². The van der Waals surface area contributed by atoms with Crippen molar-refractivity contribution in [3.8, 4) is 0 Å². The standard InChI is InChI=1S/C17H23F2NO3/c18-11-4-5-14(19)13(8-11)16(21)15(20)9-12-10-22-17(23-12)6-2-1-3-7-17/h4-5,8,12,15-16,21H,1-3,6-7,9-10,20H2/t12-,15?,16?/m0/s1. The van der Waals surface area contributed by atoms with E-state index in [1.54, 1.807) is 0 Å². The number of aliphatic hydroxyl groups excluding tert-OH is 1. The van der Waals surface area contributed by atoms with Crippen LogP contribution in [-0.2, 0) is 9.47 Å². The molecule has 6 heteroatoms. The lowest BCUT2D eigenvalue weighted by atomic mass is 9.94. The fourth-order valence-electron chi connectivity index (χ4n) is 3.49. The van der Waals surface area contributed by atoms with E-state index in [0.29, 0.717) is 13.0 Å². The highest BCUT2D eigenvalue weighted by Crippen LogP contribution is 2.39. The predicted molar refractivity (Wildman–Crippen MR) is 80.6 cm³/mol. The summed E-state index contributed by atoms with van der Waals surface area (Å²) >= 11 is 0. The Kier molecular flexibility index (Phi) is 4.96. The topological polar surface area (TPSA) is 64.7 Å². The maximum Gasteiger partial charge on any atom is 0.168 e. The van der Waals surface area contributed by atoms with Crippen molar-refractivity contribution in [3.63, 3.8) is 0 Å². The van der Waals surface area contributed by atoms with Crippen molar-refractivity contribution in [2.75, 3.05) is 6.61 Å². The zero-order chi connectivity index (χ0) is 16.4. The fraction of sp³-hybridized carbons (Fsp3) is 0.647. The summed E-state index contributed by atoms with van der Waals surface area (Å²) in [4.78, 5) is 0. The molecule has 3 atom stereocenters. The molecule has 4 nitrogen and oxygen atoms in total. The van der Waals surface area contributed by atoms with E-state index in [1.165, 1.54) is 6.42 Å². The number of halogens is 2. The molecule has 0 amide bonds. The van der Waals surface area contributed by atoms with Gasteiger partial charge in [-0.2, -0.15) is 0 Å². The van der Waals surface area contributed by atoms with Crippen LogP contribution in [0, 0.1) is 11.6 Å². The Balaban J connectivity index is 1.60. The monoisotopic (exact) mass is 327 g/mol. The Bertz CT molecular complexity index is 549. The quantitative estimate of drug-likeness (QED) is 0.892. The summed E-state index contributed by atoms with van der Waals surface area (Å²) in [5.74, 6) is -1.77. The zero-order valence-corrected chi connectivity index (χ0v) is 13.0. The normalized spacial score (nSPS) is 26.3. The molecule has 1 saturated carbocycles. The second kappa shape index (κ2) is 6.81. The summed E-state index contributed by atoms with van der Waals surface area (Å²) in [6.07, 6.45) is 3.92. The number of hydrogen-bond donors (Lipinski definition) is 2. The van der Waals surface area contributed by atoms with Gasteiger partial charge < -0.3 is 20.3 Å². The molecular formula is C17H23F2NO3. The van der Waals surface area contributed by atoms with Crippen molar-refractivity contribution in [1.82, 2.24) is 0 Å². The molecule has 1 aromatic carbocycles. The molecule has 1 spiro atoms. The van der Waals surface area contributed by atoms with Crippen LogP contribution in [0.25, 0.3) is 0 Å². The van der Waals surface area contributed by atoms with Gasteiger partial charge in [0, 0.05) is 24.4 Å². The van der Waals surface area contributed by atoms with E-state index in [0.717, 1.165) is 43.9 Å². The molecule has 1 aliphatic heterocycles. The van der Waals surface area contributed by atoms with Crippen LogP contribution >= 0.6 is 0 Å². The first-order valence-electron chi connectivity index (χ1n) is 8.19. The van der Waals surface area contributed by atoms with Crippen LogP contribution in [-0.4, -0.2) is 29.6 Å². The highest BCUT2D eigenvalue weighted by atomic mass is 19.1. The smallest absolute Gasteiger partial charge is 0.168 e. The van der Waals surface area contributed by atoms with Crippen LogP contribution < -0.4 is 5.73 Å². The molecule has 1 saturated heterocycles. The molecule has 1 aliphatic carbocycles. The van der Waals surface area contributed by atoms with E-state index in [1.807, 2.05) is 0 Å². The average molecular weight is 327 g/mol. The van der Waals surface area contributed by atoms with E-state index in [4.69, 9.17) is 15.2 Å². The van der Waals surface area contributed by atoms with Gasteiger partial charge in [0.2, 0.25) is 0 Å². The van der Waals surface area contributed by atoms with Gasteiger partial charge in [-0.15, -0.1) is 0 Å². The largest absolute Gasteiger partial charge is 0.387 e. The van der Waals surface area contributed by atoms with Crippen molar-refractivity contribution in [2.45, 2.75) is 62.6 Å². The van der Waals surface area contributed by atoms with Gasteiger partial charge in [-0.1, -0.05) is 6.42 Å². The summed E-state index contributed by atoms with van der Waals surface area (Å²) in [5, 5.41) is 10.2. The molecule has 2 fully saturated rings. The Morgan fingerprint density at radius 1 is 1.26 bits per heavy atom.